The van der Waals surface area contributed by atoms with Crippen LogP contribution in [0.1, 0.15) is 28.7 Å². The van der Waals surface area contributed by atoms with E-state index in [1.165, 1.54) is 11.0 Å². The van der Waals surface area contributed by atoms with E-state index in [1.807, 2.05) is 79.0 Å². The molecule has 0 aliphatic heterocycles. The quantitative estimate of drug-likeness (QED) is 0.348. The van der Waals surface area contributed by atoms with Crippen LogP contribution in [0.3, 0.4) is 0 Å². The van der Waals surface area contributed by atoms with Crippen LogP contribution in [-0.2, 0) is 11.2 Å². The van der Waals surface area contributed by atoms with Crippen molar-refractivity contribution in [2.75, 3.05) is 6.54 Å². The summed E-state index contributed by atoms with van der Waals surface area (Å²) >= 11 is 6.60. The normalized spacial score (nSPS) is 13.0. The molecule has 0 spiro atoms. The van der Waals surface area contributed by atoms with E-state index in [9.17, 15) is 4.79 Å². The van der Waals surface area contributed by atoms with Crippen molar-refractivity contribution < 1.29 is 4.79 Å². The van der Waals surface area contributed by atoms with Gasteiger partial charge in [-0.2, -0.15) is 0 Å². The molecule has 0 aliphatic rings. The molecule has 0 saturated heterocycles. The molecule has 2 unspecified atom stereocenters. The zero-order valence-electron chi connectivity index (χ0n) is 18.3. The lowest BCUT2D eigenvalue weighted by Gasteiger charge is -2.22. The molecule has 0 saturated carbocycles. The summed E-state index contributed by atoms with van der Waals surface area (Å²) in [4.78, 5) is 16.8. The number of aromatic amines is 1. The first-order chi connectivity index (χ1) is 16.7. The standard InChI is InChI=1S/C26H23ClN6O/c27-23-12-6-4-10-19(23)21(22-15-28-24-13-7-5-11-20(22)24)16-29-26(34)25(33-17-30-31-32-33)14-18-8-2-1-3-9-18/h1-13,15,17,21,25,28H,14,16H2,(H,29,34). The number of carbonyl (C=O) groups excluding carboxylic acids is 1. The van der Waals surface area contributed by atoms with Crippen LogP contribution in [0.4, 0.5) is 0 Å². The number of para-hydroxylation sites is 1. The minimum atomic E-state index is -0.577. The lowest BCUT2D eigenvalue weighted by Crippen LogP contribution is -2.36. The minimum Gasteiger partial charge on any atom is -0.361 e. The molecule has 0 bridgehead atoms. The van der Waals surface area contributed by atoms with E-state index in [0.717, 1.165) is 27.6 Å². The zero-order chi connectivity index (χ0) is 23.3. The van der Waals surface area contributed by atoms with Crippen molar-refractivity contribution in [3.63, 3.8) is 0 Å². The van der Waals surface area contributed by atoms with Gasteiger partial charge >= 0.3 is 0 Å². The number of aromatic nitrogens is 5. The van der Waals surface area contributed by atoms with Crippen LogP contribution in [0.2, 0.25) is 5.02 Å². The molecule has 0 aliphatic carbocycles. The first-order valence-electron chi connectivity index (χ1n) is 11.1. The number of nitrogens with one attached hydrogen (secondary N) is 2. The van der Waals surface area contributed by atoms with Crippen molar-refractivity contribution in [2.45, 2.75) is 18.4 Å². The molecular formula is C26H23ClN6O. The fraction of sp³-hybridized carbons (Fsp3) is 0.154. The lowest BCUT2D eigenvalue weighted by atomic mass is 9.90. The number of nitrogens with zero attached hydrogens (tertiary/aromatic N) is 4. The van der Waals surface area contributed by atoms with Gasteiger partial charge in [-0.05, 0) is 39.2 Å². The van der Waals surface area contributed by atoms with Crippen LogP contribution in [-0.4, -0.2) is 37.6 Å². The van der Waals surface area contributed by atoms with Crippen LogP contribution in [0.15, 0.2) is 91.4 Å². The van der Waals surface area contributed by atoms with Gasteiger partial charge < -0.3 is 10.3 Å². The van der Waals surface area contributed by atoms with Crippen molar-refractivity contribution in [1.82, 2.24) is 30.5 Å². The maximum atomic E-state index is 13.4. The first kappa shape index (κ1) is 21.9. The van der Waals surface area contributed by atoms with Crippen molar-refractivity contribution in [2.24, 2.45) is 0 Å². The SMILES string of the molecule is O=C(NCC(c1ccccc1Cl)c1c[nH]c2ccccc12)C(Cc1ccccc1)n1cnnn1. The summed E-state index contributed by atoms with van der Waals surface area (Å²) in [7, 11) is 0. The molecule has 2 atom stereocenters. The zero-order valence-corrected chi connectivity index (χ0v) is 19.1. The Morgan fingerprint density at radius 3 is 2.53 bits per heavy atom. The predicted octanol–water partition coefficient (Wildman–Crippen LogP) is 4.54. The number of benzene rings is 3. The summed E-state index contributed by atoms with van der Waals surface area (Å²) in [5.41, 5.74) is 4.09. The van der Waals surface area contributed by atoms with Gasteiger partial charge in [0.25, 0.3) is 0 Å². The molecular weight excluding hydrogens is 448 g/mol. The number of tetrazole rings is 1. The number of amides is 1. The number of halogens is 1. The topological polar surface area (TPSA) is 88.5 Å². The predicted molar refractivity (Wildman–Crippen MR) is 132 cm³/mol. The summed E-state index contributed by atoms with van der Waals surface area (Å²) < 4.78 is 1.50. The van der Waals surface area contributed by atoms with Crippen molar-refractivity contribution >= 4 is 28.4 Å². The largest absolute Gasteiger partial charge is 0.361 e. The van der Waals surface area contributed by atoms with Gasteiger partial charge in [0.05, 0.1) is 0 Å². The number of hydrogen-bond acceptors (Lipinski definition) is 4. The van der Waals surface area contributed by atoms with Crippen LogP contribution in [0.5, 0.6) is 0 Å². The van der Waals surface area contributed by atoms with Crippen molar-refractivity contribution in [3.05, 3.63) is 113 Å². The molecule has 5 aromatic rings. The van der Waals surface area contributed by atoms with Gasteiger partial charge in [-0.25, -0.2) is 4.68 Å². The molecule has 1 amide bonds. The molecule has 170 valence electrons. The Kier molecular flexibility index (Phi) is 6.35. The molecule has 2 N–H and O–H groups in total. The fourth-order valence-electron chi connectivity index (χ4n) is 4.30. The first-order valence-corrected chi connectivity index (χ1v) is 11.4. The average Bonchev–Trinajstić information content (AvgIpc) is 3.55. The van der Waals surface area contributed by atoms with Crippen LogP contribution in [0.25, 0.3) is 10.9 Å². The summed E-state index contributed by atoms with van der Waals surface area (Å²) in [6.07, 6.45) is 3.94. The lowest BCUT2D eigenvalue weighted by molar-refractivity contribution is -0.124. The van der Waals surface area contributed by atoms with E-state index < -0.39 is 6.04 Å². The fourth-order valence-corrected chi connectivity index (χ4v) is 4.57. The highest BCUT2D eigenvalue weighted by molar-refractivity contribution is 6.31. The monoisotopic (exact) mass is 470 g/mol. The number of hydrogen-bond donors (Lipinski definition) is 2. The maximum Gasteiger partial charge on any atom is 0.245 e. The molecule has 2 heterocycles. The molecule has 0 radical (unpaired) electrons. The Morgan fingerprint density at radius 2 is 1.74 bits per heavy atom. The molecule has 5 rings (SSSR count). The summed E-state index contributed by atoms with van der Waals surface area (Å²) in [6.45, 7) is 0.373. The van der Waals surface area contributed by atoms with Gasteiger partial charge in [0, 0.05) is 41.0 Å². The number of carbonyl (C=O) groups is 1. The number of fused-ring (bicyclic) bond motifs is 1. The minimum absolute atomic E-state index is 0.139. The van der Waals surface area contributed by atoms with E-state index in [-0.39, 0.29) is 11.8 Å². The van der Waals surface area contributed by atoms with Crippen LogP contribution >= 0.6 is 11.6 Å². The molecule has 0 fully saturated rings. The molecule has 3 aromatic carbocycles. The smallest absolute Gasteiger partial charge is 0.245 e. The van der Waals surface area contributed by atoms with Gasteiger partial charge in [0.1, 0.15) is 12.4 Å². The summed E-state index contributed by atoms with van der Waals surface area (Å²) in [5.74, 6) is -0.298. The van der Waals surface area contributed by atoms with Crippen LogP contribution in [0, 0.1) is 0 Å². The second-order valence-corrected chi connectivity index (χ2v) is 8.51. The number of rotatable bonds is 8. The Balaban J connectivity index is 1.44. The van der Waals surface area contributed by atoms with Crippen molar-refractivity contribution in [3.8, 4) is 0 Å². The third kappa shape index (κ3) is 4.56. The molecule has 8 heteroatoms. The highest BCUT2D eigenvalue weighted by Crippen LogP contribution is 2.34. The third-order valence-electron chi connectivity index (χ3n) is 6.02. The summed E-state index contributed by atoms with van der Waals surface area (Å²) in [6, 6.07) is 25.1. The molecule has 34 heavy (non-hydrogen) atoms. The Morgan fingerprint density at radius 1 is 0.971 bits per heavy atom. The van der Waals surface area contributed by atoms with Crippen LogP contribution < -0.4 is 5.32 Å². The van der Waals surface area contributed by atoms with E-state index in [1.54, 1.807) is 0 Å². The Hall–Kier alpha value is -3.97. The van der Waals surface area contributed by atoms with Gasteiger partial charge in [-0.1, -0.05) is 78.3 Å². The van der Waals surface area contributed by atoms with Gasteiger partial charge in [0.15, 0.2) is 0 Å². The third-order valence-corrected chi connectivity index (χ3v) is 6.36. The molecule has 7 nitrogen and oxygen atoms in total. The van der Waals surface area contributed by atoms with Crippen molar-refractivity contribution in [1.29, 1.82) is 0 Å². The van der Waals surface area contributed by atoms with Gasteiger partial charge in [-0.15, -0.1) is 5.10 Å². The van der Waals surface area contributed by atoms with E-state index in [4.69, 9.17) is 11.6 Å². The summed E-state index contributed by atoms with van der Waals surface area (Å²) in [5, 5.41) is 16.3. The van der Waals surface area contributed by atoms with E-state index in [0.29, 0.717) is 18.0 Å². The van der Waals surface area contributed by atoms with Gasteiger partial charge in [0.2, 0.25) is 5.91 Å². The van der Waals surface area contributed by atoms with E-state index >= 15 is 0 Å². The maximum absolute atomic E-state index is 13.4. The van der Waals surface area contributed by atoms with E-state index in [2.05, 4.69) is 31.9 Å². The Labute approximate surface area is 201 Å². The highest BCUT2D eigenvalue weighted by Gasteiger charge is 2.26. The second kappa shape index (κ2) is 9.89. The average molecular weight is 471 g/mol. The van der Waals surface area contributed by atoms with Gasteiger partial charge in [-0.3, -0.25) is 4.79 Å². The second-order valence-electron chi connectivity index (χ2n) is 8.10. The number of H-pyrrole nitrogens is 1. The molecule has 2 aromatic heterocycles. The Bertz CT molecular complexity index is 1380. The highest BCUT2D eigenvalue weighted by atomic mass is 35.5.